The SMILES string of the molecule is CC[C@H](C)[C@H]1NC(=O)[C@@H](NC(=O)[C@H](C)[C@H](O)C(C)C)[C@@H](C)OC(=O)[C@@H]2COC(=O)CNC(=O)/C=C/[C@](O)(CSCCCN)[C@@H](C)Oc3ccc(cc3)[C@H](NC1=O)C(=O)N(C)[C@@H](Cc1ccccc1)C(=O)N[C@H]([C@@H](C)O)C(=O)N2. The maximum absolute atomic E-state index is 15.3. The number of aliphatic hydroxyl groups is 3. The number of aliphatic hydroxyl groups excluding tert-OH is 2. The van der Waals surface area contributed by atoms with Crippen LogP contribution in [0.5, 0.6) is 5.75 Å². The second-order valence-corrected chi connectivity index (χ2v) is 21.3. The van der Waals surface area contributed by atoms with Crippen molar-refractivity contribution in [3.63, 3.8) is 0 Å². The van der Waals surface area contributed by atoms with Gasteiger partial charge in [-0.25, -0.2) is 4.79 Å². The van der Waals surface area contributed by atoms with Gasteiger partial charge in [-0.05, 0) is 80.7 Å². The van der Waals surface area contributed by atoms with Crippen LogP contribution in [-0.2, 0) is 59.0 Å². The van der Waals surface area contributed by atoms with Crippen molar-refractivity contribution < 1.29 is 72.7 Å². The normalized spacial score (nSPS) is 27.6. The molecule has 0 aliphatic carbocycles. The van der Waals surface area contributed by atoms with Crippen molar-refractivity contribution in [2.45, 2.75) is 141 Å². The standard InChI is InChI=1S/C54H78N8O15S/c1-10-30(4)42-49(69)61-45-36-17-19-37(20-18-36)77-34(8)54(74,28-78-24-14-23-55)22-21-40(64)56-26-41(65)75-27-38(53(73)76-33(7)44(51(71)58-42)60-47(67)31(5)46(66)29(2)3)57-50(70)43(32(6)63)59-48(68)39(62(9)52(45)72)25-35-15-12-11-13-16-35/h11-13,15-22,29-34,38-39,42-46,63,66,74H,10,14,23-28,55H2,1-9H3,(H,56,64)(H,57,70)(H,58,71)(H,59,68)(H,60,67)(H,61,69)/b22-21+/t30-,31+,32+,33+,34+,38-,39-,42+,43+,44-,45-,46+,54-/m0/s1. The number of nitrogens with zero attached hydrogens (tertiary/aromatic N) is 1. The minimum Gasteiger partial charge on any atom is -0.487 e. The van der Waals surface area contributed by atoms with Crippen LogP contribution in [0.25, 0.3) is 0 Å². The van der Waals surface area contributed by atoms with Gasteiger partial charge in [-0.3, -0.25) is 38.4 Å². The topological polar surface area (TPSA) is 343 Å². The first-order valence-electron chi connectivity index (χ1n) is 26.1. The van der Waals surface area contributed by atoms with Gasteiger partial charge < -0.3 is 72.1 Å². The number of nitrogens with two attached hydrogens (primary N) is 1. The average molecular weight is 1110 g/mol. The molecule has 4 bridgehead atoms. The third kappa shape index (κ3) is 18.0. The number of ether oxygens (including phenoxy) is 3. The van der Waals surface area contributed by atoms with E-state index in [1.54, 1.807) is 65.0 Å². The van der Waals surface area contributed by atoms with Crippen molar-refractivity contribution in [1.29, 1.82) is 0 Å². The van der Waals surface area contributed by atoms with Crippen LogP contribution in [0.1, 0.15) is 85.4 Å². The van der Waals surface area contributed by atoms with Gasteiger partial charge in [-0.2, -0.15) is 11.8 Å². The molecule has 0 aromatic heterocycles. The Morgan fingerprint density at radius 3 is 2.12 bits per heavy atom. The number of esters is 2. The van der Waals surface area contributed by atoms with Gasteiger partial charge in [0.15, 0.2) is 6.04 Å². The van der Waals surface area contributed by atoms with Crippen LogP contribution in [0.4, 0.5) is 0 Å². The first-order chi connectivity index (χ1) is 36.8. The molecule has 3 heterocycles. The van der Waals surface area contributed by atoms with Crippen LogP contribution in [-0.4, -0.2) is 172 Å². The molecular weight excluding hydrogens is 1030 g/mol. The van der Waals surface area contributed by atoms with E-state index in [9.17, 15) is 53.7 Å². The molecule has 1 fully saturated rings. The van der Waals surface area contributed by atoms with Crippen LogP contribution in [0, 0.1) is 17.8 Å². The molecule has 0 radical (unpaired) electrons. The van der Waals surface area contributed by atoms with Gasteiger partial charge in [0.2, 0.25) is 41.4 Å². The number of cyclic esters (lactones) is 1. The van der Waals surface area contributed by atoms with E-state index in [4.69, 9.17) is 19.9 Å². The zero-order valence-corrected chi connectivity index (χ0v) is 46.5. The van der Waals surface area contributed by atoms with E-state index in [2.05, 4.69) is 31.9 Å². The Hall–Kier alpha value is -6.60. The number of benzene rings is 2. The number of thioether (sulfide) groups is 1. The number of carbonyl (C=O) groups excluding carboxylic acids is 9. The first kappa shape index (κ1) is 63.9. The molecule has 7 amide bonds. The van der Waals surface area contributed by atoms with E-state index in [1.807, 2.05) is 0 Å². The third-order valence-electron chi connectivity index (χ3n) is 13.7. The molecule has 430 valence electrons. The highest BCUT2D eigenvalue weighted by Crippen LogP contribution is 2.28. The van der Waals surface area contributed by atoms with Crippen molar-refractivity contribution >= 4 is 65.1 Å². The van der Waals surface area contributed by atoms with Crippen LogP contribution < -0.4 is 42.4 Å². The van der Waals surface area contributed by atoms with Crippen molar-refractivity contribution in [1.82, 2.24) is 36.8 Å². The van der Waals surface area contributed by atoms with Gasteiger partial charge in [0.1, 0.15) is 66.9 Å². The highest BCUT2D eigenvalue weighted by molar-refractivity contribution is 7.99. The molecule has 11 N–H and O–H groups in total. The summed E-state index contributed by atoms with van der Waals surface area (Å²) >= 11 is 1.35. The Balaban J connectivity index is 2.02. The van der Waals surface area contributed by atoms with Crippen LogP contribution in [0.3, 0.4) is 0 Å². The van der Waals surface area contributed by atoms with Gasteiger partial charge in [0.05, 0.1) is 18.1 Å². The fourth-order valence-electron chi connectivity index (χ4n) is 8.33. The Bertz CT molecular complexity index is 2430. The highest BCUT2D eigenvalue weighted by atomic mass is 32.2. The molecule has 23 nitrogen and oxygen atoms in total. The van der Waals surface area contributed by atoms with Crippen LogP contribution >= 0.6 is 11.8 Å². The van der Waals surface area contributed by atoms with Crippen molar-refractivity contribution in [3.05, 3.63) is 77.9 Å². The Labute approximate surface area is 459 Å². The zero-order chi connectivity index (χ0) is 58.0. The number of carbonyl (C=O) groups is 9. The Kier molecular flexibility index (Phi) is 24.5. The Morgan fingerprint density at radius 2 is 1.50 bits per heavy atom. The summed E-state index contributed by atoms with van der Waals surface area (Å²) in [6.45, 7) is 10.7. The predicted molar refractivity (Wildman–Crippen MR) is 288 cm³/mol. The maximum atomic E-state index is 15.3. The van der Waals surface area contributed by atoms with E-state index in [1.165, 1.54) is 69.9 Å². The van der Waals surface area contributed by atoms with Gasteiger partial charge in [-0.15, -0.1) is 0 Å². The molecule has 24 heteroatoms. The second kappa shape index (κ2) is 30.0. The van der Waals surface area contributed by atoms with Crippen molar-refractivity contribution in [3.8, 4) is 5.75 Å². The van der Waals surface area contributed by atoms with Crippen molar-refractivity contribution in [2.75, 3.05) is 38.2 Å². The first-order valence-corrected chi connectivity index (χ1v) is 27.3. The number of rotatable bonds is 14. The summed E-state index contributed by atoms with van der Waals surface area (Å²) < 4.78 is 17.4. The van der Waals surface area contributed by atoms with E-state index in [-0.39, 0.29) is 29.9 Å². The quantitative estimate of drug-likeness (QED) is 0.0857. The molecule has 5 rings (SSSR count). The van der Waals surface area contributed by atoms with Gasteiger partial charge in [0, 0.05) is 25.3 Å². The van der Waals surface area contributed by atoms with Gasteiger partial charge in [0.25, 0.3) is 0 Å². The number of hydrogen-bond donors (Lipinski definition) is 10. The maximum Gasteiger partial charge on any atom is 0.332 e. The summed E-state index contributed by atoms with van der Waals surface area (Å²) in [5.41, 5.74) is 4.60. The lowest BCUT2D eigenvalue weighted by Crippen LogP contribution is -2.61. The summed E-state index contributed by atoms with van der Waals surface area (Å²) in [6, 6.07) is 4.22. The van der Waals surface area contributed by atoms with Crippen LogP contribution in [0.2, 0.25) is 0 Å². The van der Waals surface area contributed by atoms with E-state index < -0.39 is 150 Å². The third-order valence-corrected chi connectivity index (χ3v) is 15.0. The van der Waals surface area contributed by atoms with E-state index in [0.717, 1.165) is 11.0 Å². The lowest BCUT2D eigenvalue weighted by molar-refractivity contribution is -0.160. The largest absolute Gasteiger partial charge is 0.487 e. The second-order valence-electron chi connectivity index (χ2n) is 20.2. The highest BCUT2D eigenvalue weighted by Gasteiger charge is 2.42. The minimum atomic E-state index is -1.97. The number of nitrogens with one attached hydrogen (secondary N) is 6. The average Bonchev–Trinajstić information content (AvgIpc) is 3.42. The minimum absolute atomic E-state index is 0.0316. The van der Waals surface area contributed by atoms with Crippen LogP contribution in [0.15, 0.2) is 66.7 Å². The fourth-order valence-corrected chi connectivity index (χ4v) is 9.50. The molecule has 0 spiro atoms. The summed E-state index contributed by atoms with van der Waals surface area (Å²) in [7, 11) is 1.31. The Morgan fingerprint density at radius 1 is 0.859 bits per heavy atom. The molecule has 78 heavy (non-hydrogen) atoms. The number of fused-ring (bicyclic) bond motifs is 11. The zero-order valence-electron chi connectivity index (χ0n) is 45.7. The van der Waals surface area contributed by atoms with Crippen molar-refractivity contribution in [2.24, 2.45) is 23.5 Å². The summed E-state index contributed by atoms with van der Waals surface area (Å²) in [5.74, 6) is -10.6. The summed E-state index contributed by atoms with van der Waals surface area (Å²) in [5, 5.41) is 49.1. The lowest BCUT2D eigenvalue weighted by atomic mass is 9.93. The van der Waals surface area contributed by atoms with E-state index >= 15 is 4.79 Å². The molecule has 3 aliphatic rings. The molecular formula is C54H78N8O15S. The molecule has 13 atom stereocenters. The van der Waals surface area contributed by atoms with E-state index in [0.29, 0.717) is 24.3 Å². The number of hydrogen-bond acceptors (Lipinski definition) is 17. The molecule has 0 unspecified atom stereocenters. The monoisotopic (exact) mass is 1110 g/mol. The molecule has 2 aromatic rings. The number of amides is 7. The lowest BCUT2D eigenvalue weighted by Gasteiger charge is -2.34. The predicted octanol–water partition coefficient (Wildman–Crippen LogP) is -0.312. The fraction of sp³-hybridized carbons (Fsp3) is 0.574. The van der Waals surface area contributed by atoms with Gasteiger partial charge in [-0.1, -0.05) is 83.5 Å². The molecule has 1 saturated heterocycles. The summed E-state index contributed by atoms with van der Waals surface area (Å²) in [6.07, 6.45) is -2.63. The number of likely N-dealkylation sites (N-methyl/N-ethyl adjacent to an activating group) is 1. The smallest absolute Gasteiger partial charge is 0.332 e. The molecule has 0 saturated carbocycles. The van der Waals surface area contributed by atoms with Gasteiger partial charge >= 0.3 is 11.9 Å². The molecule has 3 aliphatic heterocycles. The summed E-state index contributed by atoms with van der Waals surface area (Å²) in [4.78, 5) is 129. The molecule has 2 aromatic carbocycles.